The highest BCUT2D eigenvalue weighted by atomic mass is 35.5. The summed E-state index contributed by atoms with van der Waals surface area (Å²) in [5, 5.41) is 3.19. The van der Waals surface area contributed by atoms with Crippen LogP contribution in [0.25, 0.3) is 0 Å². The molecule has 3 nitrogen and oxygen atoms in total. The van der Waals surface area contributed by atoms with Crippen molar-refractivity contribution in [3.05, 3.63) is 35.9 Å². The second-order valence-electron chi connectivity index (χ2n) is 4.22. The average Bonchev–Trinajstić information content (AvgIpc) is 2.35. The highest BCUT2D eigenvalue weighted by Gasteiger charge is 2.12. The third kappa shape index (κ3) is 5.38. The van der Waals surface area contributed by atoms with Crippen molar-refractivity contribution in [2.75, 3.05) is 23.9 Å². The molecule has 1 aromatic carbocycles. The van der Waals surface area contributed by atoms with Crippen molar-refractivity contribution >= 4 is 21.4 Å². The summed E-state index contributed by atoms with van der Waals surface area (Å²) in [6, 6.07) is 9.82. The highest BCUT2D eigenvalue weighted by Crippen LogP contribution is 2.13. The van der Waals surface area contributed by atoms with Gasteiger partial charge in [0.25, 0.3) is 0 Å². The standard InChI is InChI=1S/C13H20ClNO2S/c1-2-9-18(16,17)10-8-15-13(11-14)12-6-4-3-5-7-12/h3-7,13,15H,2,8-11H2,1H3. The van der Waals surface area contributed by atoms with Gasteiger partial charge in [0.05, 0.1) is 5.75 Å². The Morgan fingerprint density at radius 2 is 1.89 bits per heavy atom. The van der Waals surface area contributed by atoms with Gasteiger partial charge in [-0.15, -0.1) is 11.6 Å². The van der Waals surface area contributed by atoms with Crippen molar-refractivity contribution in [2.24, 2.45) is 0 Å². The van der Waals surface area contributed by atoms with Crippen LogP contribution in [0.1, 0.15) is 24.9 Å². The van der Waals surface area contributed by atoms with E-state index in [1.807, 2.05) is 37.3 Å². The predicted molar refractivity (Wildman–Crippen MR) is 76.9 cm³/mol. The van der Waals surface area contributed by atoms with Crippen LogP contribution in [0.15, 0.2) is 30.3 Å². The van der Waals surface area contributed by atoms with Gasteiger partial charge in [0, 0.05) is 24.2 Å². The Bertz CT molecular complexity index is 434. The molecular weight excluding hydrogens is 270 g/mol. The molecule has 0 aliphatic rings. The maximum atomic E-state index is 11.6. The van der Waals surface area contributed by atoms with E-state index in [0.717, 1.165) is 5.56 Å². The lowest BCUT2D eigenvalue weighted by Gasteiger charge is -2.16. The number of benzene rings is 1. The van der Waals surface area contributed by atoms with Crippen LogP contribution in [-0.4, -0.2) is 32.3 Å². The molecule has 1 unspecified atom stereocenters. The van der Waals surface area contributed by atoms with Crippen LogP contribution in [0, 0.1) is 0 Å². The molecule has 0 aliphatic heterocycles. The summed E-state index contributed by atoms with van der Waals surface area (Å²) in [5.74, 6) is 0.852. The summed E-state index contributed by atoms with van der Waals surface area (Å²) >= 11 is 5.90. The predicted octanol–water partition coefficient (Wildman–Crippen LogP) is 2.38. The van der Waals surface area contributed by atoms with Gasteiger partial charge in [0.1, 0.15) is 0 Å². The summed E-state index contributed by atoms with van der Waals surface area (Å²) in [6.45, 7) is 2.31. The van der Waals surface area contributed by atoms with E-state index in [1.54, 1.807) is 0 Å². The minimum atomic E-state index is -2.92. The molecule has 102 valence electrons. The number of alkyl halides is 1. The lowest BCUT2D eigenvalue weighted by atomic mass is 10.1. The smallest absolute Gasteiger partial charge is 0.151 e. The minimum Gasteiger partial charge on any atom is -0.308 e. The van der Waals surface area contributed by atoms with Crippen molar-refractivity contribution in [3.63, 3.8) is 0 Å². The number of rotatable bonds is 8. The fourth-order valence-electron chi connectivity index (χ4n) is 1.75. The van der Waals surface area contributed by atoms with Crippen LogP contribution in [0.3, 0.4) is 0 Å². The number of sulfone groups is 1. The number of hydrogen-bond acceptors (Lipinski definition) is 3. The van der Waals surface area contributed by atoms with Crippen LogP contribution < -0.4 is 5.32 Å². The van der Waals surface area contributed by atoms with E-state index in [-0.39, 0.29) is 17.5 Å². The van der Waals surface area contributed by atoms with Gasteiger partial charge in [-0.1, -0.05) is 37.3 Å². The molecule has 0 saturated heterocycles. The van der Waals surface area contributed by atoms with Crippen molar-refractivity contribution in [2.45, 2.75) is 19.4 Å². The molecule has 0 aliphatic carbocycles. The first-order valence-electron chi connectivity index (χ1n) is 6.13. The molecule has 5 heteroatoms. The number of hydrogen-bond donors (Lipinski definition) is 1. The molecule has 1 aromatic rings. The van der Waals surface area contributed by atoms with E-state index in [0.29, 0.717) is 18.8 Å². The second kappa shape index (κ2) is 7.77. The third-order valence-electron chi connectivity index (χ3n) is 2.68. The molecule has 0 aromatic heterocycles. The number of nitrogens with one attached hydrogen (secondary N) is 1. The Labute approximate surface area is 114 Å². The lowest BCUT2D eigenvalue weighted by Crippen LogP contribution is -2.29. The Balaban J connectivity index is 2.47. The van der Waals surface area contributed by atoms with E-state index in [9.17, 15) is 8.42 Å². The molecule has 0 heterocycles. The topological polar surface area (TPSA) is 46.2 Å². The summed E-state index contributed by atoms with van der Waals surface area (Å²) < 4.78 is 23.1. The molecule has 18 heavy (non-hydrogen) atoms. The third-order valence-corrected chi connectivity index (χ3v) is 4.84. The van der Waals surface area contributed by atoms with Crippen LogP contribution in [-0.2, 0) is 9.84 Å². The quantitative estimate of drug-likeness (QED) is 0.748. The van der Waals surface area contributed by atoms with Crippen LogP contribution in [0.4, 0.5) is 0 Å². The first-order valence-corrected chi connectivity index (χ1v) is 8.49. The summed E-state index contributed by atoms with van der Waals surface area (Å²) in [7, 11) is -2.92. The van der Waals surface area contributed by atoms with E-state index in [2.05, 4.69) is 5.32 Å². The maximum absolute atomic E-state index is 11.6. The average molecular weight is 290 g/mol. The Morgan fingerprint density at radius 3 is 2.44 bits per heavy atom. The van der Waals surface area contributed by atoms with Gasteiger partial charge in [-0.05, 0) is 12.0 Å². The van der Waals surface area contributed by atoms with Crippen LogP contribution >= 0.6 is 11.6 Å². The van der Waals surface area contributed by atoms with E-state index in [4.69, 9.17) is 11.6 Å². The molecule has 1 N–H and O–H groups in total. The second-order valence-corrected chi connectivity index (χ2v) is 6.84. The fraction of sp³-hybridized carbons (Fsp3) is 0.538. The van der Waals surface area contributed by atoms with Gasteiger partial charge in [0.15, 0.2) is 9.84 Å². The monoisotopic (exact) mass is 289 g/mol. The zero-order chi connectivity index (χ0) is 13.4. The van der Waals surface area contributed by atoms with Gasteiger partial charge < -0.3 is 5.32 Å². The van der Waals surface area contributed by atoms with Gasteiger partial charge >= 0.3 is 0 Å². The zero-order valence-corrected chi connectivity index (χ0v) is 12.2. The highest BCUT2D eigenvalue weighted by molar-refractivity contribution is 7.91. The molecule has 0 fully saturated rings. The van der Waals surface area contributed by atoms with Gasteiger partial charge in [-0.25, -0.2) is 8.42 Å². The van der Waals surface area contributed by atoms with Crippen molar-refractivity contribution in [1.29, 1.82) is 0 Å². The van der Waals surface area contributed by atoms with Gasteiger partial charge in [0.2, 0.25) is 0 Å². The zero-order valence-electron chi connectivity index (χ0n) is 10.6. The lowest BCUT2D eigenvalue weighted by molar-refractivity contribution is 0.573. The molecule has 0 spiro atoms. The Hall–Kier alpha value is -0.580. The Kier molecular flexibility index (Phi) is 6.68. The molecule has 0 radical (unpaired) electrons. The number of halogens is 1. The van der Waals surface area contributed by atoms with Crippen molar-refractivity contribution in [1.82, 2.24) is 5.32 Å². The molecule has 1 rings (SSSR count). The van der Waals surface area contributed by atoms with Crippen molar-refractivity contribution in [3.8, 4) is 0 Å². The van der Waals surface area contributed by atoms with Gasteiger partial charge in [-0.2, -0.15) is 0 Å². The summed E-state index contributed by atoms with van der Waals surface area (Å²) in [6.07, 6.45) is 0.667. The fourth-order valence-corrected chi connectivity index (χ4v) is 3.29. The Morgan fingerprint density at radius 1 is 1.22 bits per heavy atom. The first-order chi connectivity index (χ1) is 8.59. The van der Waals surface area contributed by atoms with Crippen molar-refractivity contribution < 1.29 is 8.42 Å². The van der Waals surface area contributed by atoms with E-state index < -0.39 is 9.84 Å². The largest absolute Gasteiger partial charge is 0.308 e. The summed E-state index contributed by atoms with van der Waals surface area (Å²) in [5.41, 5.74) is 1.08. The molecule has 0 bridgehead atoms. The van der Waals surface area contributed by atoms with E-state index in [1.165, 1.54) is 0 Å². The molecule has 0 amide bonds. The van der Waals surface area contributed by atoms with Gasteiger partial charge in [-0.3, -0.25) is 0 Å². The van der Waals surface area contributed by atoms with E-state index >= 15 is 0 Å². The molecule has 0 saturated carbocycles. The summed E-state index contributed by atoms with van der Waals surface area (Å²) in [4.78, 5) is 0. The molecular formula is C13H20ClNO2S. The first kappa shape index (κ1) is 15.5. The minimum absolute atomic E-state index is 0.00435. The maximum Gasteiger partial charge on any atom is 0.151 e. The SMILES string of the molecule is CCCS(=O)(=O)CCNC(CCl)c1ccccc1. The van der Waals surface area contributed by atoms with Crippen LogP contribution in [0.2, 0.25) is 0 Å². The van der Waals surface area contributed by atoms with Crippen LogP contribution in [0.5, 0.6) is 0 Å². The molecule has 1 atom stereocenters. The normalized spacial score (nSPS) is 13.4.